The lowest BCUT2D eigenvalue weighted by Gasteiger charge is -2.40. The lowest BCUT2D eigenvalue weighted by atomic mass is 10.0. The minimum Gasteiger partial charge on any atom is -0.494 e. The van der Waals surface area contributed by atoms with Crippen LogP contribution in [0.4, 0.5) is 0 Å². The molecule has 1 atom stereocenters. The van der Waals surface area contributed by atoms with Crippen LogP contribution < -0.4 is 4.74 Å². The first kappa shape index (κ1) is 21.6. The Hall–Kier alpha value is -1.15. The van der Waals surface area contributed by atoms with Crippen molar-refractivity contribution in [2.24, 2.45) is 0 Å². The zero-order chi connectivity index (χ0) is 20.0. The van der Waals surface area contributed by atoms with E-state index in [9.17, 15) is 8.42 Å². The van der Waals surface area contributed by atoms with Gasteiger partial charge < -0.3 is 14.5 Å². The van der Waals surface area contributed by atoms with Crippen LogP contribution in [0.1, 0.15) is 25.7 Å². The zero-order valence-electron chi connectivity index (χ0n) is 17.3. The van der Waals surface area contributed by atoms with Crippen LogP contribution in [0.3, 0.4) is 0 Å². The van der Waals surface area contributed by atoms with Crippen molar-refractivity contribution in [1.29, 1.82) is 0 Å². The standard InChI is InChI=1S/C21H35N3O3S/c1-22-11-4-3-6-19(22)18-24-15-13-23(14-16-24)12-5-17-27-20-7-9-21(10-8-20)28(2,25)26/h7-10,19H,3-6,11-18H2,1-2H3. The first-order valence-corrected chi connectivity index (χ1v) is 12.4. The average Bonchev–Trinajstić information content (AvgIpc) is 2.68. The summed E-state index contributed by atoms with van der Waals surface area (Å²) in [7, 11) is -0.873. The first-order valence-electron chi connectivity index (χ1n) is 10.5. The smallest absolute Gasteiger partial charge is 0.175 e. The highest BCUT2D eigenvalue weighted by Gasteiger charge is 2.24. The summed E-state index contributed by atoms with van der Waals surface area (Å²) in [5, 5.41) is 0. The number of nitrogens with zero attached hydrogens (tertiary/aromatic N) is 3. The highest BCUT2D eigenvalue weighted by Crippen LogP contribution is 2.18. The predicted octanol–water partition coefficient (Wildman–Crippen LogP) is 1.96. The van der Waals surface area contributed by atoms with Gasteiger partial charge in [0.05, 0.1) is 11.5 Å². The molecule has 2 saturated heterocycles. The highest BCUT2D eigenvalue weighted by molar-refractivity contribution is 7.90. The quantitative estimate of drug-likeness (QED) is 0.612. The van der Waals surface area contributed by atoms with Crippen molar-refractivity contribution in [2.45, 2.75) is 36.6 Å². The molecule has 7 heteroatoms. The summed E-state index contributed by atoms with van der Waals surface area (Å²) in [6.45, 7) is 8.79. The maximum atomic E-state index is 11.5. The summed E-state index contributed by atoms with van der Waals surface area (Å²) in [4.78, 5) is 8.02. The molecule has 1 unspecified atom stereocenters. The third-order valence-corrected chi connectivity index (χ3v) is 7.12. The summed E-state index contributed by atoms with van der Waals surface area (Å²) in [5.74, 6) is 0.730. The monoisotopic (exact) mass is 409 g/mol. The Labute approximate surface area is 170 Å². The van der Waals surface area contributed by atoms with Crippen LogP contribution in [0.15, 0.2) is 29.2 Å². The molecule has 0 spiro atoms. The average molecular weight is 410 g/mol. The number of piperidine rings is 1. The molecule has 0 N–H and O–H groups in total. The van der Waals surface area contributed by atoms with Crippen LogP contribution in [0, 0.1) is 0 Å². The Balaban J connectivity index is 1.30. The van der Waals surface area contributed by atoms with E-state index in [0.29, 0.717) is 11.5 Å². The Morgan fingerprint density at radius 2 is 1.68 bits per heavy atom. The molecule has 0 saturated carbocycles. The number of likely N-dealkylation sites (tertiary alicyclic amines) is 1. The maximum Gasteiger partial charge on any atom is 0.175 e. The third kappa shape index (κ3) is 6.44. The molecule has 0 radical (unpaired) electrons. The molecule has 0 aliphatic carbocycles. The van der Waals surface area contributed by atoms with E-state index in [1.165, 1.54) is 38.6 Å². The van der Waals surface area contributed by atoms with Crippen LogP contribution in [-0.2, 0) is 9.84 Å². The van der Waals surface area contributed by atoms with Gasteiger partial charge in [0.2, 0.25) is 0 Å². The van der Waals surface area contributed by atoms with Gasteiger partial charge in [-0.15, -0.1) is 0 Å². The summed E-state index contributed by atoms with van der Waals surface area (Å²) >= 11 is 0. The number of piperazine rings is 1. The molecule has 6 nitrogen and oxygen atoms in total. The van der Waals surface area contributed by atoms with E-state index in [4.69, 9.17) is 4.74 Å². The van der Waals surface area contributed by atoms with Gasteiger partial charge in [-0.05, 0) is 57.1 Å². The van der Waals surface area contributed by atoms with Crippen LogP contribution in [0.5, 0.6) is 5.75 Å². The number of hydrogen-bond acceptors (Lipinski definition) is 6. The lowest BCUT2D eigenvalue weighted by Crippen LogP contribution is -2.52. The summed E-state index contributed by atoms with van der Waals surface area (Å²) in [5.41, 5.74) is 0. The van der Waals surface area contributed by atoms with Gasteiger partial charge in [0.1, 0.15) is 5.75 Å². The Morgan fingerprint density at radius 3 is 2.32 bits per heavy atom. The third-order valence-electron chi connectivity index (χ3n) is 5.99. The second kappa shape index (κ2) is 10.1. The Bertz CT molecular complexity index is 700. The minimum absolute atomic E-state index is 0.331. The molecule has 3 rings (SSSR count). The second-order valence-electron chi connectivity index (χ2n) is 8.22. The van der Waals surface area contributed by atoms with Crippen molar-refractivity contribution in [3.05, 3.63) is 24.3 Å². The van der Waals surface area contributed by atoms with Gasteiger partial charge in [-0.2, -0.15) is 0 Å². The molecule has 28 heavy (non-hydrogen) atoms. The summed E-state index contributed by atoms with van der Waals surface area (Å²) < 4.78 is 28.7. The number of sulfone groups is 1. The van der Waals surface area contributed by atoms with E-state index in [0.717, 1.165) is 50.9 Å². The summed E-state index contributed by atoms with van der Waals surface area (Å²) in [6, 6.07) is 7.42. The number of rotatable bonds is 8. The molecule has 1 aromatic carbocycles. The highest BCUT2D eigenvalue weighted by atomic mass is 32.2. The fourth-order valence-electron chi connectivity index (χ4n) is 4.13. The van der Waals surface area contributed by atoms with Gasteiger partial charge >= 0.3 is 0 Å². The van der Waals surface area contributed by atoms with E-state index < -0.39 is 9.84 Å². The van der Waals surface area contributed by atoms with Crippen molar-refractivity contribution in [1.82, 2.24) is 14.7 Å². The fourth-order valence-corrected chi connectivity index (χ4v) is 4.76. The van der Waals surface area contributed by atoms with Crippen LogP contribution in [0.25, 0.3) is 0 Å². The Kier molecular flexibility index (Phi) is 7.74. The number of likely N-dealkylation sites (N-methyl/N-ethyl adjacent to an activating group) is 1. The molecule has 2 aliphatic heterocycles. The van der Waals surface area contributed by atoms with Crippen molar-refractivity contribution in [3.8, 4) is 5.75 Å². The van der Waals surface area contributed by atoms with Crippen LogP contribution in [0.2, 0.25) is 0 Å². The topological polar surface area (TPSA) is 53.1 Å². The molecule has 0 amide bonds. The summed E-state index contributed by atoms with van der Waals surface area (Å²) in [6.07, 6.45) is 6.28. The normalized spacial score (nSPS) is 23.0. The lowest BCUT2D eigenvalue weighted by molar-refractivity contribution is 0.0823. The molecule has 1 aromatic rings. The molecular weight excluding hydrogens is 374 g/mol. The van der Waals surface area contributed by atoms with Crippen molar-refractivity contribution in [3.63, 3.8) is 0 Å². The largest absolute Gasteiger partial charge is 0.494 e. The van der Waals surface area contributed by atoms with E-state index >= 15 is 0 Å². The van der Waals surface area contributed by atoms with Crippen molar-refractivity contribution in [2.75, 3.05) is 65.7 Å². The Morgan fingerprint density at radius 1 is 1.00 bits per heavy atom. The van der Waals surface area contributed by atoms with E-state index in [1.807, 2.05) is 0 Å². The molecule has 158 valence electrons. The second-order valence-corrected chi connectivity index (χ2v) is 10.2. The fraction of sp³-hybridized carbons (Fsp3) is 0.714. The first-order chi connectivity index (χ1) is 13.4. The predicted molar refractivity (Wildman–Crippen MR) is 113 cm³/mol. The van der Waals surface area contributed by atoms with Crippen LogP contribution >= 0.6 is 0 Å². The van der Waals surface area contributed by atoms with Crippen molar-refractivity contribution >= 4 is 9.84 Å². The zero-order valence-corrected chi connectivity index (χ0v) is 18.2. The van der Waals surface area contributed by atoms with Gasteiger partial charge in [-0.25, -0.2) is 8.42 Å². The molecular formula is C21H35N3O3S. The van der Waals surface area contributed by atoms with E-state index in [2.05, 4.69) is 21.7 Å². The molecule has 0 aromatic heterocycles. The number of hydrogen-bond donors (Lipinski definition) is 0. The molecule has 2 fully saturated rings. The van der Waals surface area contributed by atoms with E-state index in [-0.39, 0.29) is 0 Å². The minimum atomic E-state index is -3.15. The van der Waals surface area contributed by atoms with E-state index in [1.54, 1.807) is 24.3 Å². The molecule has 2 heterocycles. The SMILES string of the molecule is CN1CCCCC1CN1CCN(CCCOc2ccc(S(C)(=O)=O)cc2)CC1. The van der Waals surface area contributed by atoms with Crippen LogP contribution in [-0.4, -0.2) is 94.9 Å². The molecule has 0 bridgehead atoms. The van der Waals surface area contributed by atoms with Gasteiger partial charge in [0.15, 0.2) is 9.84 Å². The number of benzene rings is 1. The van der Waals surface area contributed by atoms with Gasteiger partial charge in [-0.1, -0.05) is 6.42 Å². The van der Waals surface area contributed by atoms with Gasteiger partial charge in [0, 0.05) is 51.6 Å². The van der Waals surface area contributed by atoms with Crippen molar-refractivity contribution < 1.29 is 13.2 Å². The van der Waals surface area contributed by atoms with Gasteiger partial charge in [-0.3, -0.25) is 4.90 Å². The maximum absolute atomic E-state index is 11.5. The molecule has 2 aliphatic rings. The number of ether oxygens (including phenoxy) is 1. The van der Waals surface area contributed by atoms with Gasteiger partial charge in [0.25, 0.3) is 0 Å².